The number of aliphatic hydroxyl groups is 1. The minimum absolute atomic E-state index is 0.0873. The molecule has 0 aliphatic carbocycles. The highest BCUT2D eigenvalue weighted by molar-refractivity contribution is 5.91. The molecule has 2 rings (SSSR count). The second-order valence-corrected chi connectivity index (χ2v) is 4.77. The van der Waals surface area contributed by atoms with Gasteiger partial charge in [-0.05, 0) is 29.8 Å². The Morgan fingerprint density at radius 3 is 2.74 bits per heavy atom. The Hall–Kier alpha value is -2.73. The molecular weight excluding hydrogens is 298 g/mol. The molecule has 1 amide bonds. The fraction of sp³-hybridized carbons (Fsp3) is 0.235. The van der Waals surface area contributed by atoms with E-state index < -0.39 is 6.10 Å². The van der Waals surface area contributed by atoms with Gasteiger partial charge in [-0.1, -0.05) is 6.07 Å². The molecule has 6 nitrogen and oxygen atoms in total. The van der Waals surface area contributed by atoms with Crippen molar-refractivity contribution in [3.8, 4) is 11.5 Å². The van der Waals surface area contributed by atoms with Gasteiger partial charge in [0.1, 0.15) is 0 Å². The summed E-state index contributed by atoms with van der Waals surface area (Å²) in [6.45, 7) is 0.0873. The summed E-state index contributed by atoms with van der Waals surface area (Å²) < 4.78 is 15.2. The van der Waals surface area contributed by atoms with E-state index in [1.54, 1.807) is 37.5 Å². The predicted molar refractivity (Wildman–Crippen MR) is 85.3 cm³/mol. The highest BCUT2D eigenvalue weighted by Crippen LogP contribution is 2.29. The maximum Gasteiger partial charge on any atom is 0.244 e. The van der Waals surface area contributed by atoms with E-state index in [0.717, 1.165) is 5.56 Å². The highest BCUT2D eigenvalue weighted by atomic mass is 16.5. The van der Waals surface area contributed by atoms with Crippen LogP contribution in [0.4, 0.5) is 0 Å². The summed E-state index contributed by atoms with van der Waals surface area (Å²) >= 11 is 0. The van der Waals surface area contributed by atoms with Crippen LogP contribution in [0.1, 0.15) is 17.2 Å². The van der Waals surface area contributed by atoms with E-state index in [-0.39, 0.29) is 12.5 Å². The van der Waals surface area contributed by atoms with Crippen molar-refractivity contribution in [2.24, 2.45) is 0 Å². The quantitative estimate of drug-likeness (QED) is 0.765. The lowest BCUT2D eigenvalue weighted by Crippen LogP contribution is -2.26. The van der Waals surface area contributed by atoms with Crippen LogP contribution < -0.4 is 14.8 Å². The van der Waals surface area contributed by atoms with E-state index in [9.17, 15) is 9.90 Å². The molecule has 1 heterocycles. The number of rotatable bonds is 7. The van der Waals surface area contributed by atoms with Crippen molar-refractivity contribution < 1.29 is 23.8 Å². The minimum atomic E-state index is -0.846. The van der Waals surface area contributed by atoms with Crippen LogP contribution in [0.2, 0.25) is 0 Å². The summed E-state index contributed by atoms with van der Waals surface area (Å²) in [7, 11) is 3.07. The Morgan fingerprint density at radius 1 is 1.30 bits per heavy atom. The Labute approximate surface area is 134 Å². The van der Waals surface area contributed by atoms with Crippen LogP contribution in [0.25, 0.3) is 6.08 Å². The molecule has 0 bridgehead atoms. The molecule has 2 N–H and O–H groups in total. The molecular formula is C17H19NO5. The first-order valence-electron chi connectivity index (χ1n) is 7.02. The molecule has 6 heteroatoms. The van der Waals surface area contributed by atoms with Gasteiger partial charge in [-0.2, -0.15) is 0 Å². The number of methoxy groups -OCH3 is 2. The molecule has 0 aliphatic rings. The molecule has 0 fully saturated rings. The van der Waals surface area contributed by atoms with Crippen molar-refractivity contribution in [3.05, 3.63) is 54.0 Å². The number of furan rings is 1. The largest absolute Gasteiger partial charge is 0.493 e. The van der Waals surface area contributed by atoms with E-state index in [4.69, 9.17) is 13.9 Å². The molecule has 2 aromatic rings. The molecule has 0 saturated heterocycles. The number of benzene rings is 1. The van der Waals surface area contributed by atoms with Gasteiger partial charge in [0.2, 0.25) is 5.91 Å². The Kier molecular flexibility index (Phi) is 5.82. The van der Waals surface area contributed by atoms with Gasteiger partial charge in [0.25, 0.3) is 0 Å². The Bertz CT molecular complexity index is 664. The fourth-order valence-corrected chi connectivity index (χ4v) is 1.98. The second kappa shape index (κ2) is 8.05. The molecule has 23 heavy (non-hydrogen) atoms. The highest BCUT2D eigenvalue weighted by Gasteiger charge is 2.12. The number of carbonyl (C=O) groups excluding carboxylic acids is 1. The second-order valence-electron chi connectivity index (χ2n) is 4.77. The van der Waals surface area contributed by atoms with Crippen LogP contribution in [0.3, 0.4) is 0 Å². The zero-order valence-electron chi connectivity index (χ0n) is 13.0. The lowest BCUT2D eigenvalue weighted by atomic mass is 10.1. The van der Waals surface area contributed by atoms with E-state index in [1.165, 1.54) is 25.7 Å². The van der Waals surface area contributed by atoms with Gasteiger partial charge in [-0.25, -0.2) is 0 Å². The number of aliphatic hydroxyl groups excluding tert-OH is 1. The SMILES string of the molecule is COc1ccc(C(O)CNC(=O)/C=C/c2ccoc2)cc1OC. The van der Waals surface area contributed by atoms with Crippen LogP contribution in [0.5, 0.6) is 11.5 Å². The van der Waals surface area contributed by atoms with Crippen molar-refractivity contribution in [1.29, 1.82) is 0 Å². The van der Waals surface area contributed by atoms with Gasteiger partial charge in [-0.15, -0.1) is 0 Å². The lowest BCUT2D eigenvalue weighted by Gasteiger charge is -2.14. The zero-order chi connectivity index (χ0) is 16.7. The molecule has 1 unspecified atom stereocenters. The smallest absolute Gasteiger partial charge is 0.244 e. The molecule has 1 aromatic heterocycles. The summed E-state index contributed by atoms with van der Waals surface area (Å²) in [4.78, 5) is 11.7. The maximum atomic E-state index is 11.7. The summed E-state index contributed by atoms with van der Waals surface area (Å²) in [6, 6.07) is 6.84. The molecule has 0 spiro atoms. The van der Waals surface area contributed by atoms with Gasteiger partial charge >= 0.3 is 0 Å². The summed E-state index contributed by atoms with van der Waals surface area (Å²) in [6.07, 6.45) is 5.22. The summed E-state index contributed by atoms with van der Waals surface area (Å²) in [5.41, 5.74) is 1.42. The van der Waals surface area contributed by atoms with E-state index in [0.29, 0.717) is 17.1 Å². The normalized spacial score (nSPS) is 12.1. The van der Waals surface area contributed by atoms with Gasteiger partial charge in [0.15, 0.2) is 11.5 Å². The predicted octanol–water partition coefficient (Wildman–Crippen LogP) is 2.16. The number of hydrogen-bond acceptors (Lipinski definition) is 5. The fourth-order valence-electron chi connectivity index (χ4n) is 1.98. The monoisotopic (exact) mass is 317 g/mol. The number of hydrogen-bond donors (Lipinski definition) is 2. The van der Waals surface area contributed by atoms with Crippen LogP contribution >= 0.6 is 0 Å². The number of amides is 1. The van der Waals surface area contributed by atoms with E-state index >= 15 is 0 Å². The van der Waals surface area contributed by atoms with Gasteiger partial charge in [0, 0.05) is 18.2 Å². The molecule has 0 radical (unpaired) electrons. The van der Waals surface area contributed by atoms with E-state index in [1.807, 2.05) is 0 Å². The zero-order valence-corrected chi connectivity index (χ0v) is 13.0. The van der Waals surface area contributed by atoms with Crippen LogP contribution in [0.15, 0.2) is 47.3 Å². The first kappa shape index (κ1) is 16.6. The number of nitrogens with one attached hydrogen (secondary N) is 1. The van der Waals surface area contributed by atoms with Gasteiger partial charge in [-0.3, -0.25) is 4.79 Å². The third-order valence-electron chi connectivity index (χ3n) is 3.23. The molecule has 122 valence electrons. The van der Waals surface area contributed by atoms with Crippen molar-refractivity contribution in [3.63, 3.8) is 0 Å². The lowest BCUT2D eigenvalue weighted by molar-refractivity contribution is -0.116. The third-order valence-corrected chi connectivity index (χ3v) is 3.23. The summed E-state index contributed by atoms with van der Waals surface area (Å²) in [5, 5.41) is 12.8. The molecule has 0 aliphatic heterocycles. The average molecular weight is 317 g/mol. The van der Waals surface area contributed by atoms with Crippen molar-refractivity contribution in [2.75, 3.05) is 20.8 Å². The topological polar surface area (TPSA) is 80.9 Å². The number of carbonyl (C=O) groups is 1. The van der Waals surface area contributed by atoms with Crippen molar-refractivity contribution in [1.82, 2.24) is 5.32 Å². The van der Waals surface area contributed by atoms with Gasteiger partial charge in [0.05, 0.1) is 32.8 Å². The van der Waals surface area contributed by atoms with Crippen LogP contribution in [-0.4, -0.2) is 31.8 Å². The third kappa shape index (κ3) is 4.62. The average Bonchev–Trinajstić information content (AvgIpc) is 3.10. The number of ether oxygens (including phenoxy) is 2. The minimum Gasteiger partial charge on any atom is -0.493 e. The standard InChI is InChI=1S/C17H19NO5/c1-21-15-5-4-13(9-16(15)22-2)14(19)10-18-17(20)6-3-12-7-8-23-11-12/h3-9,11,14,19H,10H2,1-2H3,(H,18,20)/b6-3+. The van der Waals surface area contributed by atoms with Crippen molar-refractivity contribution in [2.45, 2.75) is 6.10 Å². The van der Waals surface area contributed by atoms with E-state index in [2.05, 4.69) is 5.32 Å². The van der Waals surface area contributed by atoms with Crippen molar-refractivity contribution >= 4 is 12.0 Å². The molecule has 1 aromatic carbocycles. The first-order valence-corrected chi connectivity index (χ1v) is 7.02. The Morgan fingerprint density at radius 2 is 2.09 bits per heavy atom. The molecule has 1 atom stereocenters. The summed E-state index contributed by atoms with van der Waals surface area (Å²) in [5.74, 6) is 0.802. The van der Waals surface area contributed by atoms with Crippen LogP contribution in [-0.2, 0) is 4.79 Å². The van der Waals surface area contributed by atoms with Crippen LogP contribution in [0, 0.1) is 0 Å². The van der Waals surface area contributed by atoms with Gasteiger partial charge < -0.3 is 24.3 Å². The first-order chi connectivity index (χ1) is 11.1. The maximum absolute atomic E-state index is 11.7. The molecule has 0 saturated carbocycles. The Balaban J connectivity index is 1.91.